The van der Waals surface area contributed by atoms with Crippen molar-refractivity contribution < 1.29 is 9.13 Å². The van der Waals surface area contributed by atoms with Crippen LogP contribution >= 0.6 is 0 Å². The number of benzene rings is 1. The lowest BCUT2D eigenvalue weighted by Crippen LogP contribution is -2.11. The van der Waals surface area contributed by atoms with Gasteiger partial charge in [0.2, 0.25) is 0 Å². The fourth-order valence-electron chi connectivity index (χ4n) is 1.07. The Morgan fingerprint density at radius 2 is 2.00 bits per heavy atom. The SMILES string of the molecule is CCOc1ccc([C@@H](N)CF)cc1. The minimum absolute atomic E-state index is 0.518. The summed E-state index contributed by atoms with van der Waals surface area (Å²) in [5.41, 5.74) is 6.30. The molecule has 0 heterocycles. The highest BCUT2D eigenvalue weighted by Gasteiger charge is 2.04. The van der Waals surface area contributed by atoms with Crippen molar-refractivity contribution in [1.29, 1.82) is 0 Å². The molecule has 0 aromatic heterocycles. The van der Waals surface area contributed by atoms with E-state index in [-0.39, 0.29) is 0 Å². The van der Waals surface area contributed by atoms with Crippen LogP contribution < -0.4 is 10.5 Å². The molecule has 1 aromatic rings. The largest absolute Gasteiger partial charge is 0.494 e. The van der Waals surface area contributed by atoms with E-state index >= 15 is 0 Å². The van der Waals surface area contributed by atoms with Crippen molar-refractivity contribution in [2.75, 3.05) is 13.3 Å². The van der Waals surface area contributed by atoms with Crippen molar-refractivity contribution in [3.8, 4) is 5.75 Å². The lowest BCUT2D eigenvalue weighted by molar-refractivity contribution is 0.340. The van der Waals surface area contributed by atoms with Crippen LogP contribution in [0.5, 0.6) is 5.75 Å². The zero-order valence-corrected chi connectivity index (χ0v) is 7.66. The van der Waals surface area contributed by atoms with E-state index in [1.807, 2.05) is 6.92 Å². The third-order valence-electron chi connectivity index (χ3n) is 1.79. The van der Waals surface area contributed by atoms with Gasteiger partial charge in [-0.25, -0.2) is 4.39 Å². The van der Waals surface area contributed by atoms with Crippen molar-refractivity contribution in [3.05, 3.63) is 29.8 Å². The zero-order valence-electron chi connectivity index (χ0n) is 7.66. The summed E-state index contributed by atoms with van der Waals surface area (Å²) in [6.07, 6.45) is 0. The summed E-state index contributed by atoms with van der Waals surface area (Å²) in [6, 6.07) is 6.66. The Bertz CT molecular complexity index is 248. The first-order valence-electron chi connectivity index (χ1n) is 4.32. The van der Waals surface area contributed by atoms with E-state index in [2.05, 4.69) is 0 Å². The Kier molecular flexibility index (Phi) is 3.71. The lowest BCUT2D eigenvalue weighted by Gasteiger charge is -2.08. The van der Waals surface area contributed by atoms with E-state index in [1.165, 1.54) is 0 Å². The molecule has 0 radical (unpaired) electrons. The maximum Gasteiger partial charge on any atom is 0.119 e. The molecule has 0 spiro atoms. The second-order valence-corrected chi connectivity index (χ2v) is 2.76. The molecule has 0 bridgehead atoms. The van der Waals surface area contributed by atoms with E-state index in [0.717, 1.165) is 11.3 Å². The molecular formula is C10H14FNO. The molecule has 1 rings (SSSR count). The first-order chi connectivity index (χ1) is 6.27. The number of halogens is 1. The molecule has 0 aliphatic carbocycles. The van der Waals surface area contributed by atoms with Gasteiger partial charge >= 0.3 is 0 Å². The molecule has 0 aliphatic heterocycles. The van der Waals surface area contributed by atoms with Crippen molar-refractivity contribution in [1.82, 2.24) is 0 Å². The standard InChI is InChI=1S/C10H14FNO/c1-2-13-9-5-3-8(4-6-9)10(12)7-11/h3-6,10H,2,7,12H2,1H3/t10-/m0/s1. The Hall–Kier alpha value is -1.09. The summed E-state index contributed by atoms with van der Waals surface area (Å²) in [5.74, 6) is 0.789. The molecule has 0 saturated carbocycles. The van der Waals surface area contributed by atoms with Gasteiger partial charge in [0, 0.05) is 0 Å². The first kappa shape index (κ1) is 9.99. The number of ether oxygens (including phenoxy) is 1. The molecule has 1 atom stereocenters. The first-order valence-corrected chi connectivity index (χ1v) is 4.32. The van der Waals surface area contributed by atoms with Crippen LogP contribution in [0.2, 0.25) is 0 Å². The Labute approximate surface area is 77.5 Å². The maximum absolute atomic E-state index is 12.2. The van der Waals surface area contributed by atoms with Gasteiger partial charge in [-0.15, -0.1) is 0 Å². The molecule has 0 aliphatic rings. The molecule has 0 amide bonds. The third kappa shape index (κ3) is 2.70. The average Bonchev–Trinajstić information content (AvgIpc) is 2.18. The van der Waals surface area contributed by atoms with Gasteiger partial charge in [0.25, 0.3) is 0 Å². The van der Waals surface area contributed by atoms with Crippen LogP contribution in [-0.4, -0.2) is 13.3 Å². The minimum atomic E-state index is -0.534. The second kappa shape index (κ2) is 4.82. The molecule has 1 aromatic carbocycles. The van der Waals surface area contributed by atoms with Crippen molar-refractivity contribution in [3.63, 3.8) is 0 Å². The molecule has 0 unspecified atom stereocenters. The number of hydrogen-bond donors (Lipinski definition) is 1. The number of rotatable bonds is 4. The van der Waals surface area contributed by atoms with E-state index in [4.69, 9.17) is 10.5 Å². The summed E-state index contributed by atoms with van der Waals surface area (Å²) in [7, 11) is 0. The maximum atomic E-state index is 12.2. The third-order valence-corrected chi connectivity index (χ3v) is 1.79. The van der Waals surface area contributed by atoms with Crippen LogP contribution in [0.1, 0.15) is 18.5 Å². The predicted molar refractivity (Wildman–Crippen MR) is 50.5 cm³/mol. The molecule has 2 nitrogen and oxygen atoms in total. The topological polar surface area (TPSA) is 35.2 Å². The van der Waals surface area contributed by atoms with Crippen molar-refractivity contribution in [2.24, 2.45) is 5.73 Å². The number of alkyl halides is 1. The second-order valence-electron chi connectivity index (χ2n) is 2.76. The predicted octanol–water partition coefficient (Wildman–Crippen LogP) is 2.05. The fourth-order valence-corrected chi connectivity index (χ4v) is 1.07. The highest BCUT2D eigenvalue weighted by molar-refractivity contribution is 5.28. The zero-order chi connectivity index (χ0) is 9.68. The van der Waals surface area contributed by atoms with Crippen LogP contribution in [0.15, 0.2) is 24.3 Å². The van der Waals surface area contributed by atoms with Crippen molar-refractivity contribution >= 4 is 0 Å². The summed E-state index contributed by atoms with van der Waals surface area (Å²) in [5, 5.41) is 0. The Balaban J connectivity index is 2.69. The smallest absolute Gasteiger partial charge is 0.119 e. The van der Waals surface area contributed by atoms with E-state index in [0.29, 0.717) is 6.61 Å². The van der Waals surface area contributed by atoms with Crippen LogP contribution in [0.4, 0.5) is 4.39 Å². The molecule has 72 valence electrons. The molecule has 3 heteroatoms. The summed E-state index contributed by atoms with van der Waals surface area (Å²) in [4.78, 5) is 0. The van der Waals surface area contributed by atoms with Gasteiger partial charge in [0.15, 0.2) is 0 Å². The van der Waals surface area contributed by atoms with Crippen LogP contribution in [0.3, 0.4) is 0 Å². The van der Waals surface area contributed by atoms with E-state index < -0.39 is 12.7 Å². The van der Waals surface area contributed by atoms with Gasteiger partial charge in [0.1, 0.15) is 12.4 Å². The Morgan fingerprint density at radius 1 is 1.38 bits per heavy atom. The van der Waals surface area contributed by atoms with Gasteiger partial charge in [-0.1, -0.05) is 12.1 Å². The highest BCUT2D eigenvalue weighted by atomic mass is 19.1. The summed E-state index contributed by atoms with van der Waals surface area (Å²) in [6.45, 7) is 2.02. The lowest BCUT2D eigenvalue weighted by atomic mass is 10.1. The number of nitrogens with two attached hydrogens (primary N) is 1. The van der Waals surface area contributed by atoms with Crippen molar-refractivity contribution in [2.45, 2.75) is 13.0 Å². The molecule has 2 N–H and O–H groups in total. The van der Waals surface area contributed by atoms with E-state index in [1.54, 1.807) is 24.3 Å². The minimum Gasteiger partial charge on any atom is -0.494 e. The molecule has 0 fully saturated rings. The summed E-state index contributed by atoms with van der Waals surface area (Å²) >= 11 is 0. The number of hydrogen-bond acceptors (Lipinski definition) is 2. The van der Waals surface area contributed by atoms with Crippen LogP contribution in [0, 0.1) is 0 Å². The molecular weight excluding hydrogens is 169 g/mol. The van der Waals surface area contributed by atoms with Gasteiger partial charge < -0.3 is 10.5 Å². The Morgan fingerprint density at radius 3 is 2.46 bits per heavy atom. The van der Waals surface area contributed by atoms with Gasteiger partial charge in [-0.3, -0.25) is 0 Å². The summed E-state index contributed by atoms with van der Waals surface area (Å²) < 4.78 is 17.4. The molecule has 13 heavy (non-hydrogen) atoms. The van der Waals surface area contributed by atoms with Gasteiger partial charge in [-0.2, -0.15) is 0 Å². The average molecular weight is 183 g/mol. The van der Waals surface area contributed by atoms with Crippen LogP contribution in [-0.2, 0) is 0 Å². The van der Waals surface area contributed by atoms with Gasteiger partial charge in [0.05, 0.1) is 12.6 Å². The van der Waals surface area contributed by atoms with E-state index in [9.17, 15) is 4.39 Å². The van der Waals surface area contributed by atoms with Crippen LogP contribution in [0.25, 0.3) is 0 Å². The molecule has 0 saturated heterocycles. The normalized spacial score (nSPS) is 12.5. The quantitative estimate of drug-likeness (QED) is 0.775. The monoisotopic (exact) mass is 183 g/mol. The van der Waals surface area contributed by atoms with Gasteiger partial charge in [-0.05, 0) is 24.6 Å². The highest BCUT2D eigenvalue weighted by Crippen LogP contribution is 2.16. The fraction of sp³-hybridized carbons (Fsp3) is 0.400.